The number of nitrogens with zero attached hydrogens (tertiary/aromatic N) is 2. The summed E-state index contributed by atoms with van der Waals surface area (Å²) in [6, 6.07) is 4.49. The molecule has 0 aliphatic carbocycles. The van der Waals surface area contributed by atoms with Crippen LogP contribution in [0.3, 0.4) is 0 Å². The van der Waals surface area contributed by atoms with Crippen LogP contribution in [0.1, 0.15) is 32.6 Å². The Morgan fingerprint density at radius 2 is 2.00 bits per heavy atom. The Morgan fingerprint density at radius 1 is 1.23 bits per heavy atom. The summed E-state index contributed by atoms with van der Waals surface area (Å²) in [6.07, 6.45) is 3.52. The molecule has 3 aliphatic heterocycles. The third-order valence-corrected chi connectivity index (χ3v) is 8.00. The number of ether oxygens (including phenoxy) is 2. The zero-order valence-corrected chi connectivity index (χ0v) is 18.5. The van der Waals surface area contributed by atoms with Crippen LogP contribution < -0.4 is 15.0 Å². The summed E-state index contributed by atoms with van der Waals surface area (Å²) < 4.78 is 38.7. The molecule has 1 N–H and O–H groups in total. The van der Waals surface area contributed by atoms with Crippen LogP contribution in [0.5, 0.6) is 5.75 Å². The van der Waals surface area contributed by atoms with E-state index >= 15 is 0 Å². The maximum atomic E-state index is 13.1. The second-order valence-electron chi connectivity index (χ2n) is 8.42. The van der Waals surface area contributed by atoms with Crippen LogP contribution in [0.15, 0.2) is 23.1 Å². The van der Waals surface area contributed by atoms with Crippen molar-refractivity contribution >= 4 is 27.5 Å². The van der Waals surface area contributed by atoms with Gasteiger partial charge in [0.2, 0.25) is 15.9 Å². The number of hydrogen-bond acceptors (Lipinski definition) is 6. The number of anilines is 1. The van der Waals surface area contributed by atoms with E-state index in [-0.39, 0.29) is 36.0 Å². The fourth-order valence-corrected chi connectivity index (χ4v) is 5.61. The molecule has 1 aromatic carbocycles. The summed E-state index contributed by atoms with van der Waals surface area (Å²) in [5.74, 6) is 0.179. The molecule has 170 valence electrons. The molecule has 31 heavy (non-hydrogen) atoms. The Hall–Kier alpha value is -2.17. The van der Waals surface area contributed by atoms with E-state index in [9.17, 15) is 18.0 Å². The smallest absolute Gasteiger partial charge is 0.265 e. The molecule has 2 amide bonds. The summed E-state index contributed by atoms with van der Waals surface area (Å²) in [5.41, 5.74) is 0.301. The van der Waals surface area contributed by atoms with Gasteiger partial charge in [-0.3, -0.25) is 14.5 Å². The Bertz CT molecular complexity index is 936. The van der Waals surface area contributed by atoms with Gasteiger partial charge < -0.3 is 14.8 Å². The summed E-state index contributed by atoms with van der Waals surface area (Å²) >= 11 is 0. The second kappa shape index (κ2) is 9.13. The number of nitrogens with one attached hydrogen (secondary N) is 1. The summed E-state index contributed by atoms with van der Waals surface area (Å²) in [7, 11) is -3.69. The lowest BCUT2D eigenvalue weighted by Crippen LogP contribution is -2.46. The third kappa shape index (κ3) is 4.86. The molecule has 0 bridgehead atoms. The van der Waals surface area contributed by atoms with Crippen LogP contribution in [0.25, 0.3) is 0 Å². The van der Waals surface area contributed by atoms with Crippen LogP contribution >= 0.6 is 0 Å². The van der Waals surface area contributed by atoms with Crippen LogP contribution in [0, 0.1) is 5.92 Å². The highest BCUT2D eigenvalue weighted by Gasteiger charge is 2.32. The van der Waals surface area contributed by atoms with Gasteiger partial charge >= 0.3 is 0 Å². The molecule has 4 rings (SSSR count). The Labute approximate surface area is 182 Å². The van der Waals surface area contributed by atoms with E-state index in [0.717, 1.165) is 25.7 Å². The van der Waals surface area contributed by atoms with Gasteiger partial charge in [0.15, 0.2) is 6.61 Å². The van der Waals surface area contributed by atoms with Gasteiger partial charge in [0.25, 0.3) is 5.91 Å². The van der Waals surface area contributed by atoms with Crippen LogP contribution in [0.2, 0.25) is 0 Å². The molecular formula is C21H29N3O6S. The van der Waals surface area contributed by atoms with E-state index in [4.69, 9.17) is 9.47 Å². The van der Waals surface area contributed by atoms with E-state index in [0.29, 0.717) is 43.6 Å². The molecule has 2 saturated heterocycles. The number of fused-ring (bicyclic) bond motifs is 1. The number of rotatable bonds is 6. The lowest BCUT2D eigenvalue weighted by molar-refractivity contribution is -0.125. The van der Waals surface area contributed by atoms with Crippen molar-refractivity contribution in [3.05, 3.63) is 18.2 Å². The summed E-state index contributed by atoms with van der Waals surface area (Å²) in [6.45, 7) is 3.77. The van der Waals surface area contributed by atoms with Crippen molar-refractivity contribution in [1.82, 2.24) is 9.62 Å². The van der Waals surface area contributed by atoms with E-state index in [1.165, 1.54) is 21.3 Å². The fourth-order valence-electron chi connectivity index (χ4n) is 4.12. The van der Waals surface area contributed by atoms with Crippen LogP contribution in [-0.2, 0) is 24.3 Å². The predicted molar refractivity (Wildman–Crippen MR) is 113 cm³/mol. The van der Waals surface area contributed by atoms with Crippen molar-refractivity contribution in [2.75, 3.05) is 44.3 Å². The highest BCUT2D eigenvalue weighted by molar-refractivity contribution is 7.89. The standard InChI is InChI=1S/C21H29N3O6S/c1-15-6-8-23(9-7-15)31(27,28)17-4-5-19-18(11-17)24(21(26)14-30-19)13-20(25)22-12-16-3-2-10-29-16/h4-5,11,15-16H,2-3,6-10,12-14H2,1H3,(H,22,25)/t16-/m0/s1. The first-order chi connectivity index (χ1) is 14.8. The molecule has 10 heteroatoms. The van der Waals surface area contributed by atoms with Gasteiger partial charge in [-0.1, -0.05) is 6.92 Å². The second-order valence-corrected chi connectivity index (χ2v) is 10.4. The minimum Gasteiger partial charge on any atom is -0.482 e. The lowest BCUT2D eigenvalue weighted by Gasteiger charge is -2.31. The molecule has 1 atom stereocenters. The van der Waals surface area contributed by atoms with E-state index in [1.807, 2.05) is 0 Å². The maximum absolute atomic E-state index is 13.1. The molecule has 0 radical (unpaired) electrons. The summed E-state index contributed by atoms with van der Waals surface area (Å²) in [5, 5.41) is 2.80. The van der Waals surface area contributed by atoms with Crippen LogP contribution in [0.4, 0.5) is 5.69 Å². The SMILES string of the molecule is CC1CCN(S(=O)(=O)c2ccc3c(c2)N(CC(=O)NC[C@@H]2CCCO2)C(=O)CO3)CC1. The van der Waals surface area contributed by atoms with Gasteiger partial charge in [-0.15, -0.1) is 0 Å². The molecular weight excluding hydrogens is 422 g/mol. The fraction of sp³-hybridized carbons (Fsp3) is 0.619. The molecule has 3 heterocycles. The molecule has 0 unspecified atom stereocenters. The average Bonchev–Trinajstić information content (AvgIpc) is 3.28. The van der Waals surface area contributed by atoms with E-state index < -0.39 is 10.0 Å². The molecule has 0 saturated carbocycles. The number of benzene rings is 1. The van der Waals surface area contributed by atoms with Gasteiger partial charge in [0.05, 0.1) is 16.7 Å². The number of piperidine rings is 1. The highest BCUT2D eigenvalue weighted by atomic mass is 32.2. The molecule has 0 aromatic heterocycles. The number of amides is 2. The topological polar surface area (TPSA) is 105 Å². The first-order valence-corrected chi connectivity index (χ1v) is 12.2. The van der Waals surface area contributed by atoms with Crippen LogP contribution in [-0.4, -0.2) is 70.0 Å². The predicted octanol–water partition coefficient (Wildman–Crippen LogP) is 1.13. The highest BCUT2D eigenvalue weighted by Crippen LogP contribution is 2.35. The quantitative estimate of drug-likeness (QED) is 0.695. The normalized spacial score (nSPS) is 22.8. The number of hydrogen-bond donors (Lipinski definition) is 1. The van der Waals surface area contributed by atoms with Crippen molar-refractivity contribution in [1.29, 1.82) is 0 Å². The Morgan fingerprint density at radius 3 is 2.71 bits per heavy atom. The van der Waals surface area contributed by atoms with Crippen molar-refractivity contribution in [2.45, 2.75) is 43.6 Å². The average molecular weight is 452 g/mol. The minimum absolute atomic E-state index is 0.000587. The third-order valence-electron chi connectivity index (χ3n) is 6.11. The van der Waals surface area contributed by atoms with Crippen molar-refractivity contribution in [3.8, 4) is 5.75 Å². The number of carbonyl (C=O) groups is 2. The largest absolute Gasteiger partial charge is 0.482 e. The lowest BCUT2D eigenvalue weighted by atomic mass is 10.0. The molecule has 0 spiro atoms. The van der Waals surface area contributed by atoms with E-state index in [2.05, 4.69) is 12.2 Å². The first kappa shape index (κ1) is 22.0. The molecule has 3 aliphatic rings. The van der Waals surface area contributed by atoms with Gasteiger partial charge in [-0.05, 0) is 49.8 Å². The van der Waals surface area contributed by atoms with Crippen molar-refractivity contribution < 1.29 is 27.5 Å². The zero-order chi connectivity index (χ0) is 22.0. The number of sulfonamides is 1. The van der Waals surface area contributed by atoms with Gasteiger partial charge in [-0.25, -0.2) is 8.42 Å². The van der Waals surface area contributed by atoms with Gasteiger partial charge in [-0.2, -0.15) is 4.31 Å². The molecule has 2 fully saturated rings. The Balaban J connectivity index is 1.51. The van der Waals surface area contributed by atoms with E-state index in [1.54, 1.807) is 6.07 Å². The van der Waals surface area contributed by atoms with Crippen molar-refractivity contribution in [3.63, 3.8) is 0 Å². The van der Waals surface area contributed by atoms with Crippen molar-refractivity contribution in [2.24, 2.45) is 5.92 Å². The number of carbonyl (C=O) groups excluding carboxylic acids is 2. The zero-order valence-electron chi connectivity index (χ0n) is 17.7. The summed E-state index contributed by atoms with van der Waals surface area (Å²) in [4.78, 5) is 26.3. The maximum Gasteiger partial charge on any atom is 0.265 e. The van der Waals surface area contributed by atoms with Gasteiger partial charge in [0, 0.05) is 26.2 Å². The molecule has 1 aromatic rings. The monoisotopic (exact) mass is 451 g/mol. The first-order valence-electron chi connectivity index (χ1n) is 10.8. The minimum atomic E-state index is -3.69. The Kier molecular flexibility index (Phi) is 6.49. The molecule has 9 nitrogen and oxygen atoms in total. The van der Waals surface area contributed by atoms with Gasteiger partial charge in [0.1, 0.15) is 12.3 Å².